The second-order valence-corrected chi connectivity index (χ2v) is 5.41. The van der Waals surface area contributed by atoms with E-state index in [4.69, 9.17) is 10.5 Å². The van der Waals surface area contributed by atoms with Crippen molar-refractivity contribution in [3.8, 4) is 5.88 Å². The Bertz CT molecular complexity index is 695. The highest BCUT2D eigenvalue weighted by Crippen LogP contribution is 2.29. The van der Waals surface area contributed by atoms with E-state index in [1.165, 1.54) is 19.2 Å². The van der Waals surface area contributed by atoms with E-state index in [1.807, 2.05) is 32.0 Å². The number of rotatable bonds is 5. The van der Waals surface area contributed by atoms with E-state index < -0.39 is 10.5 Å². The molecule has 0 fully saturated rings. The van der Waals surface area contributed by atoms with Crippen LogP contribution < -0.4 is 15.8 Å². The van der Waals surface area contributed by atoms with Crippen LogP contribution in [0.25, 0.3) is 0 Å². The van der Waals surface area contributed by atoms with E-state index in [1.54, 1.807) is 6.07 Å². The molecule has 0 spiro atoms. The van der Waals surface area contributed by atoms with Crippen molar-refractivity contribution < 1.29 is 9.66 Å². The normalized spacial score (nSPS) is 11.1. The predicted octanol–water partition coefficient (Wildman–Crippen LogP) is 2.94. The van der Waals surface area contributed by atoms with Crippen LogP contribution in [0, 0.1) is 10.1 Å². The highest BCUT2D eigenvalue weighted by atomic mass is 16.6. The van der Waals surface area contributed by atoms with Gasteiger partial charge >= 0.3 is 5.69 Å². The Balaban J connectivity index is 2.40. The summed E-state index contributed by atoms with van der Waals surface area (Å²) in [5, 5.41) is 14.1. The maximum absolute atomic E-state index is 11.1. The first-order valence-corrected chi connectivity index (χ1v) is 6.67. The van der Waals surface area contributed by atoms with Crippen molar-refractivity contribution in [3.63, 3.8) is 0 Å². The number of anilines is 2. The van der Waals surface area contributed by atoms with Gasteiger partial charge in [0, 0.05) is 23.4 Å². The maximum Gasteiger partial charge on any atom is 0.311 e. The zero-order valence-corrected chi connectivity index (χ0v) is 12.7. The van der Waals surface area contributed by atoms with Gasteiger partial charge in [0.2, 0.25) is 11.7 Å². The number of hydrogen-bond acceptors (Lipinski definition) is 6. The third-order valence-electron chi connectivity index (χ3n) is 3.12. The lowest BCUT2D eigenvalue weighted by Gasteiger charge is -2.20. The number of nitrogens with one attached hydrogen (secondary N) is 1. The first-order chi connectivity index (χ1) is 10.3. The minimum Gasteiger partial charge on any atom is -0.481 e. The Morgan fingerprint density at radius 3 is 2.64 bits per heavy atom. The summed E-state index contributed by atoms with van der Waals surface area (Å²) in [5.41, 5.74) is 7.01. The van der Waals surface area contributed by atoms with Crippen molar-refractivity contribution in [2.75, 3.05) is 12.4 Å². The molecule has 0 atom stereocenters. The van der Waals surface area contributed by atoms with E-state index in [2.05, 4.69) is 10.3 Å². The molecule has 1 heterocycles. The molecule has 0 bridgehead atoms. The van der Waals surface area contributed by atoms with Crippen LogP contribution in [-0.4, -0.2) is 17.0 Å². The summed E-state index contributed by atoms with van der Waals surface area (Å²) < 4.78 is 5.01. The van der Waals surface area contributed by atoms with Crippen molar-refractivity contribution in [2.45, 2.75) is 19.4 Å². The Morgan fingerprint density at radius 2 is 2.05 bits per heavy atom. The maximum atomic E-state index is 11.1. The van der Waals surface area contributed by atoms with Crippen LogP contribution in [0.4, 0.5) is 17.2 Å². The summed E-state index contributed by atoms with van der Waals surface area (Å²) in [4.78, 5) is 14.7. The zero-order chi connectivity index (χ0) is 16.3. The molecule has 2 aromatic rings. The predicted molar refractivity (Wildman–Crippen MR) is 84.4 cm³/mol. The molecule has 0 radical (unpaired) electrons. The van der Waals surface area contributed by atoms with Crippen LogP contribution in [0.15, 0.2) is 36.4 Å². The Morgan fingerprint density at radius 1 is 1.32 bits per heavy atom. The second kappa shape index (κ2) is 5.98. The van der Waals surface area contributed by atoms with Crippen molar-refractivity contribution in [1.82, 2.24) is 4.98 Å². The molecule has 7 nitrogen and oxygen atoms in total. The van der Waals surface area contributed by atoms with E-state index in [9.17, 15) is 10.1 Å². The summed E-state index contributed by atoms with van der Waals surface area (Å²) in [6, 6.07) is 10.2. The van der Waals surface area contributed by atoms with Crippen LogP contribution in [0.1, 0.15) is 19.4 Å². The summed E-state index contributed by atoms with van der Waals surface area (Å²) in [5.74, 6) is 0.416. The lowest BCUT2D eigenvalue weighted by atomic mass is 9.95. The molecule has 7 heteroatoms. The number of nitrogens with two attached hydrogens (primary N) is 1. The first kappa shape index (κ1) is 15.7. The number of nitro groups is 1. The van der Waals surface area contributed by atoms with Crippen LogP contribution in [0.5, 0.6) is 5.88 Å². The molecule has 0 saturated carbocycles. The van der Waals surface area contributed by atoms with E-state index in [0.29, 0.717) is 11.6 Å². The molecule has 0 aliphatic rings. The molecule has 3 N–H and O–H groups in total. The molecule has 0 amide bonds. The Kier molecular flexibility index (Phi) is 4.27. The summed E-state index contributed by atoms with van der Waals surface area (Å²) in [6.45, 7) is 3.77. The molecule has 22 heavy (non-hydrogen) atoms. The van der Waals surface area contributed by atoms with E-state index in [-0.39, 0.29) is 11.5 Å². The number of pyridine rings is 1. The van der Waals surface area contributed by atoms with Gasteiger partial charge in [-0.25, -0.2) is 0 Å². The Hall–Kier alpha value is -2.67. The summed E-state index contributed by atoms with van der Waals surface area (Å²) in [7, 11) is 1.45. The summed E-state index contributed by atoms with van der Waals surface area (Å²) in [6.07, 6.45) is 0. The van der Waals surface area contributed by atoms with Gasteiger partial charge in [-0.3, -0.25) is 10.1 Å². The number of methoxy groups -OCH3 is 1. The largest absolute Gasteiger partial charge is 0.481 e. The molecule has 1 aromatic carbocycles. The van der Waals surface area contributed by atoms with Crippen molar-refractivity contribution in [3.05, 3.63) is 52.1 Å². The van der Waals surface area contributed by atoms with E-state index in [0.717, 1.165) is 5.56 Å². The minimum absolute atomic E-state index is 0.122. The number of aromatic nitrogens is 1. The zero-order valence-electron chi connectivity index (χ0n) is 12.7. The van der Waals surface area contributed by atoms with Crippen molar-refractivity contribution in [2.24, 2.45) is 5.73 Å². The van der Waals surface area contributed by atoms with E-state index >= 15 is 0 Å². The molecule has 1 aromatic heterocycles. The molecule has 0 aliphatic heterocycles. The Labute approximate surface area is 128 Å². The third kappa shape index (κ3) is 3.50. The van der Waals surface area contributed by atoms with Gasteiger partial charge in [-0.05, 0) is 31.5 Å². The standard InChI is InChI=1S/C15H18N4O3/c1-15(2,16)10-5-4-6-11(9-10)17-14-12(19(20)21)7-8-13(18-14)22-3/h4-9H,16H2,1-3H3,(H,17,18). The smallest absolute Gasteiger partial charge is 0.311 e. The van der Waals surface area contributed by atoms with Crippen molar-refractivity contribution >= 4 is 17.2 Å². The second-order valence-electron chi connectivity index (χ2n) is 5.41. The fraction of sp³-hybridized carbons (Fsp3) is 0.267. The van der Waals surface area contributed by atoms with Crippen LogP contribution in [-0.2, 0) is 5.54 Å². The molecular formula is C15H18N4O3. The van der Waals surface area contributed by atoms with Gasteiger partial charge in [-0.1, -0.05) is 12.1 Å². The molecule has 0 aliphatic carbocycles. The van der Waals surface area contributed by atoms with Crippen LogP contribution in [0.3, 0.4) is 0 Å². The average Bonchev–Trinajstić information content (AvgIpc) is 2.46. The molecule has 116 valence electrons. The first-order valence-electron chi connectivity index (χ1n) is 6.67. The third-order valence-corrected chi connectivity index (χ3v) is 3.12. The number of nitrogens with zero attached hydrogens (tertiary/aromatic N) is 2. The van der Waals surface area contributed by atoms with Crippen LogP contribution >= 0.6 is 0 Å². The SMILES string of the molecule is COc1ccc([N+](=O)[O-])c(Nc2cccc(C(C)(C)N)c2)n1. The molecular weight excluding hydrogens is 284 g/mol. The van der Waals surface area contributed by atoms with Gasteiger partial charge in [0.15, 0.2) is 0 Å². The lowest BCUT2D eigenvalue weighted by Crippen LogP contribution is -2.28. The van der Waals surface area contributed by atoms with Gasteiger partial charge in [0.05, 0.1) is 12.0 Å². The fourth-order valence-electron chi connectivity index (χ4n) is 1.92. The highest BCUT2D eigenvalue weighted by molar-refractivity contribution is 5.66. The average molecular weight is 302 g/mol. The lowest BCUT2D eigenvalue weighted by molar-refractivity contribution is -0.384. The van der Waals surface area contributed by atoms with Crippen molar-refractivity contribution in [1.29, 1.82) is 0 Å². The van der Waals surface area contributed by atoms with Gasteiger partial charge < -0.3 is 15.8 Å². The minimum atomic E-state index is -0.509. The quantitative estimate of drug-likeness (QED) is 0.650. The summed E-state index contributed by atoms with van der Waals surface area (Å²) >= 11 is 0. The molecule has 0 saturated heterocycles. The highest BCUT2D eigenvalue weighted by Gasteiger charge is 2.18. The monoisotopic (exact) mass is 302 g/mol. The van der Waals surface area contributed by atoms with Gasteiger partial charge in [0.1, 0.15) is 0 Å². The molecule has 2 rings (SSSR count). The van der Waals surface area contributed by atoms with Crippen LogP contribution in [0.2, 0.25) is 0 Å². The topological polar surface area (TPSA) is 103 Å². The molecule has 0 unspecified atom stereocenters. The number of benzene rings is 1. The fourth-order valence-corrected chi connectivity index (χ4v) is 1.92. The van der Waals surface area contributed by atoms with Gasteiger partial charge in [-0.15, -0.1) is 0 Å². The number of ether oxygens (including phenoxy) is 1. The van der Waals surface area contributed by atoms with Gasteiger partial charge in [-0.2, -0.15) is 4.98 Å². The van der Waals surface area contributed by atoms with Gasteiger partial charge in [0.25, 0.3) is 0 Å². The number of hydrogen-bond donors (Lipinski definition) is 2.